The van der Waals surface area contributed by atoms with E-state index in [0.29, 0.717) is 0 Å². The molecule has 0 radical (unpaired) electrons. The molecule has 1 heterocycles. The fourth-order valence-corrected chi connectivity index (χ4v) is 2.02. The zero-order chi connectivity index (χ0) is 9.03. The molecule has 2 nitrogen and oxygen atoms in total. The van der Waals surface area contributed by atoms with Crippen molar-refractivity contribution in [2.24, 2.45) is 0 Å². The van der Waals surface area contributed by atoms with Gasteiger partial charge in [-0.2, -0.15) is 11.8 Å². The molecule has 3 heteroatoms. The van der Waals surface area contributed by atoms with Crippen molar-refractivity contribution in [3.8, 4) is 0 Å². The van der Waals surface area contributed by atoms with Crippen LogP contribution in [-0.4, -0.2) is 47.3 Å². The molecule has 0 aromatic heterocycles. The van der Waals surface area contributed by atoms with Crippen molar-refractivity contribution >= 4 is 11.8 Å². The minimum atomic E-state index is -0.348. The lowest BCUT2D eigenvalue weighted by Crippen LogP contribution is -2.61. The molecule has 0 bridgehead atoms. The van der Waals surface area contributed by atoms with E-state index in [1.165, 1.54) is 12.2 Å². The van der Waals surface area contributed by atoms with Crippen LogP contribution in [0.4, 0.5) is 0 Å². The largest absolute Gasteiger partial charge is 0.387 e. The summed E-state index contributed by atoms with van der Waals surface area (Å²) in [5.41, 5.74) is -0.348. The van der Waals surface area contributed by atoms with Gasteiger partial charge in [0, 0.05) is 13.1 Å². The summed E-state index contributed by atoms with van der Waals surface area (Å²) in [4.78, 5) is 2.33. The molecule has 72 valence electrons. The van der Waals surface area contributed by atoms with Crippen LogP contribution in [0, 0.1) is 0 Å². The number of thioether (sulfide) groups is 1. The average Bonchev–Trinajstić information content (AvgIpc) is 2.01. The second-order valence-electron chi connectivity index (χ2n) is 3.63. The molecule has 0 saturated carbocycles. The van der Waals surface area contributed by atoms with E-state index in [-0.39, 0.29) is 5.60 Å². The number of hydrogen-bond acceptors (Lipinski definition) is 3. The number of aliphatic hydroxyl groups is 1. The van der Waals surface area contributed by atoms with Crippen LogP contribution < -0.4 is 0 Å². The molecule has 0 aromatic rings. The quantitative estimate of drug-likeness (QED) is 0.657. The summed E-state index contributed by atoms with van der Waals surface area (Å²) in [6.45, 7) is 4.98. The Morgan fingerprint density at radius 2 is 2.17 bits per heavy atom. The summed E-state index contributed by atoms with van der Waals surface area (Å²) >= 11 is 1.89. The van der Waals surface area contributed by atoms with Gasteiger partial charge in [0.15, 0.2) is 0 Å². The molecule has 1 rings (SSSR count). The molecule has 0 amide bonds. The highest BCUT2D eigenvalue weighted by atomic mass is 32.2. The topological polar surface area (TPSA) is 23.5 Å². The summed E-state index contributed by atoms with van der Waals surface area (Å²) in [6.07, 6.45) is 4.28. The van der Waals surface area contributed by atoms with Gasteiger partial charge in [0.2, 0.25) is 0 Å². The maximum atomic E-state index is 9.70. The van der Waals surface area contributed by atoms with E-state index in [2.05, 4.69) is 18.1 Å². The molecule has 1 N–H and O–H groups in total. The monoisotopic (exact) mass is 189 g/mol. The average molecular weight is 189 g/mol. The molecular formula is C9H19NOS. The third-order valence-electron chi connectivity index (χ3n) is 2.52. The van der Waals surface area contributed by atoms with Gasteiger partial charge < -0.3 is 5.11 Å². The van der Waals surface area contributed by atoms with Gasteiger partial charge in [-0.25, -0.2) is 0 Å². The van der Waals surface area contributed by atoms with Crippen molar-refractivity contribution in [2.75, 3.05) is 31.6 Å². The van der Waals surface area contributed by atoms with Crippen molar-refractivity contribution in [1.82, 2.24) is 4.90 Å². The smallest absolute Gasteiger partial charge is 0.0897 e. The Kier molecular flexibility index (Phi) is 3.87. The third kappa shape index (κ3) is 2.64. The number of likely N-dealkylation sites (tertiary alicyclic amines) is 1. The van der Waals surface area contributed by atoms with Crippen molar-refractivity contribution < 1.29 is 5.11 Å². The van der Waals surface area contributed by atoms with Crippen LogP contribution in [0.1, 0.15) is 19.8 Å². The van der Waals surface area contributed by atoms with Gasteiger partial charge in [-0.05, 0) is 31.4 Å². The van der Waals surface area contributed by atoms with E-state index < -0.39 is 0 Å². The molecule has 12 heavy (non-hydrogen) atoms. The first-order valence-corrected chi connectivity index (χ1v) is 6.03. The van der Waals surface area contributed by atoms with E-state index >= 15 is 0 Å². The van der Waals surface area contributed by atoms with Gasteiger partial charge in [-0.1, -0.05) is 6.92 Å². The van der Waals surface area contributed by atoms with Gasteiger partial charge in [0.25, 0.3) is 0 Å². The van der Waals surface area contributed by atoms with Crippen LogP contribution in [0.25, 0.3) is 0 Å². The number of hydrogen-bond donors (Lipinski definition) is 1. The summed E-state index contributed by atoms with van der Waals surface area (Å²) in [5, 5.41) is 9.70. The summed E-state index contributed by atoms with van der Waals surface area (Å²) in [7, 11) is 0. The van der Waals surface area contributed by atoms with Crippen LogP contribution in [-0.2, 0) is 0 Å². The van der Waals surface area contributed by atoms with Crippen LogP contribution >= 0.6 is 11.8 Å². The number of β-amino-alcohol motifs (C(OH)–C–C–N with tert-alkyl or cyclic N) is 1. The Labute approximate surface area is 79.3 Å². The second kappa shape index (κ2) is 4.49. The Morgan fingerprint density at radius 3 is 2.67 bits per heavy atom. The first-order chi connectivity index (χ1) is 5.70. The molecule has 0 aliphatic carbocycles. The first kappa shape index (κ1) is 10.4. The maximum absolute atomic E-state index is 9.70. The maximum Gasteiger partial charge on any atom is 0.0897 e. The van der Waals surface area contributed by atoms with E-state index in [4.69, 9.17) is 0 Å². The van der Waals surface area contributed by atoms with Crippen LogP contribution in [0.5, 0.6) is 0 Å². The van der Waals surface area contributed by atoms with Gasteiger partial charge in [0.05, 0.1) is 5.60 Å². The SMILES string of the molecule is CCC1(O)CN(CCCSC)C1. The molecule has 1 aliphatic rings. The molecule has 1 aliphatic heterocycles. The highest BCUT2D eigenvalue weighted by molar-refractivity contribution is 7.98. The molecule has 0 atom stereocenters. The number of rotatable bonds is 5. The van der Waals surface area contributed by atoms with Crippen LogP contribution in [0.2, 0.25) is 0 Å². The minimum absolute atomic E-state index is 0.348. The highest BCUT2D eigenvalue weighted by Gasteiger charge is 2.38. The van der Waals surface area contributed by atoms with E-state index in [1.54, 1.807) is 0 Å². The Morgan fingerprint density at radius 1 is 1.50 bits per heavy atom. The predicted octanol–water partition coefficient (Wildman–Crippen LogP) is 1.20. The van der Waals surface area contributed by atoms with Crippen molar-refractivity contribution in [3.63, 3.8) is 0 Å². The van der Waals surface area contributed by atoms with Crippen LogP contribution in [0.15, 0.2) is 0 Å². The lowest BCUT2D eigenvalue weighted by molar-refractivity contribution is -0.0988. The fraction of sp³-hybridized carbons (Fsp3) is 1.00. The first-order valence-electron chi connectivity index (χ1n) is 4.64. The zero-order valence-corrected chi connectivity index (χ0v) is 8.86. The Hall–Kier alpha value is 0.270. The van der Waals surface area contributed by atoms with E-state index in [1.807, 2.05) is 11.8 Å². The Balaban J connectivity index is 2.02. The highest BCUT2D eigenvalue weighted by Crippen LogP contribution is 2.23. The molecule has 1 fully saturated rings. The second-order valence-corrected chi connectivity index (χ2v) is 4.62. The Bertz CT molecular complexity index is 134. The molecule has 0 unspecified atom stereocenters. The van der Waals surface area contributed by atoms with Crippen molar-refractivity contribution in [1.29, 1.82) is 0 Å². The predicted molar refractivity (Wildman–Crippen MR) is 54.7 cm³/mol. The standard InChI is InChI=1S/C9H19NOS/c1-3-9(11)7-10(8-9)5-4-6-12-2/h11H,3-8H2,1-2H3. The zero-order valence-electron chi connectivity index (χ0n) is 8.05. The van der Waals surface area contributed by atoms with Crippen molar-refractivity contribution in [2.45, 2.75) is 25.4 Å². The molecular weight excluding hydrogens is 170 g/mol. The van der Waals surface area contributed by atoms with Crippen LogP contribution in [0.3, 0.4) is 0 Å². The van der Waals surface area contributed by atoms with Gasteiger partial charge in [-0.15, -0.1) is 0 Å². The van der Waals surface area contributed by atoms with E-state index in [9.17, 15) is 5.11 Å². The third-order valence-corrected chi connectivity index (χ3v) is 3.21. The molecule has 0 spiro atoms. The number of nitrogens with zero attached hydrogens (tertiary/aromatic N) is 1. The lowest BCUT2D eigenvalue weighted by Gasteiger charge is -2.46. The van der Waals surface area contributed by atoms with Gasteiger partial charge in [-0.3, -0.25) is 4.90 Å². The van der Waals surface area contributed by atoms with Gasteiger partial charge >= 0.3 is 0 Å². The minimum Gasteiger partial charge on any atom is -0.387 e. The molecule has 0 aromatic carbocycles. The normalized spacial score (nSPS) is 22.2. The fourth-order valence-electron chi connectivity index (χ4n) is 1.60. The van der Waals surface area contributed by atoms with Gasteiger partial charge in [0.1, 0.15) is 0 Å². The van der Waals surface area contributed by atoms with Crippen molar-refractivity contribution in [3.05, 3.63) is 0 Å². The summed E-state index contributed by atoms with van der Waals surface area (Å²) in [6, 6.07) is 0. The molecule has 1 saturated heterocycles. The van der Waals surface area contributed by atoms with E-state index in [0.717, 1.165) is 26.1 Å². The lowest BCUT2D eigenvalue weighted by atomic mass is 9.91. The summed E-state index contributed by atoms with van der Waals surface area (Å²) < 4.78 is 0. The summed E-state index contributed by atoms with van der Waals surface area (Å²) in [5.74, 6) is 1.24.